The average molecular weight is 324 g/mol. The number of amides is 2. The third-order valence-corrected chi connectivity index (χ3v) is 4.08. The van der Waals surface area contributed by atoms with Crippen LogP contribution >= 0.6 is 0 Å². The van der Waals surface area contributed by atoms with Crippen molar-refractivity contribution in [3.8, 4) is 0 Å². The minimum Gasteiger partial charge on any atom is -0.341 e. The SMILES string of the molecule is CCc1ccc(C(C)NC(=O)C(=O)Nc2cc(C)ccc2C)cc1. The summed E-state index contributed by atoms with van der Waals surface area (Å²) in [7, 11) is 0. The van der Waals surface area contributed by atoms with Gasteiger partial charge < -0.3 is 10.6 Å². The van der Waals surface area contributed by atoms with Crippen molar-refractivity contribution < 1.29 is 9.59 Å². The molecule has 0 heterocycles. The lowest BCUT2D eigenvalue weighted by molar-refractivity contribution is -0.136. The number of hydrogen-bond acceptors (Lipinski definition) is 2. The second kappa shape index (κ2) is 7.77. The van der Waals surface area contributed by atoms with Gasteiger partial charge in [-0.05, 0) is 55.5 Å². The van der Waals surface area contributed by atoms with Crippen LogP contribution in [0.25, 0.3) is 0 Å². The number of rotatable bonds is 4. The van der Waals surface area contributed by atoms with Crippen molar-refractivity contribution in [1.29, 1.82) is 0 Å². The van der Waals surface area contributed by atoms with E-state index in [0.29, 0.717) is 5.69 Å². The molecule has 2 amide bonds. The number of nitrogens with one attached hydrogen (secondary N) is 2. The molecule has 2 rings (SSSR count). The molecule has 0 aliphatic rings. The topological polar surface area (TPSA) is 58.2 Å². The van der Waals surface area contributed by atoms with Gasteiger partial charge in [-0.15, -0.1) is 0 Å². The quantitative estimate of drug-likeness (QED) is 0.843. The van der Waals surface area contributed by atoms with Gasteiger partial charge in [0.05, 0.1) is 6.04 Å². The van der Waals surface area contributed by atoms with Crippen LogP contribution in [0.2, 0.25) is 0 Å². The molecule has 126 valence electrons. The van der Waals surface area contributed by atoms with Gasteiger partial charge in [0, 0.05) is 5.69 Å². The summed E-state index contributed by atoms with van der Waals surface area (Å²) in [6.07, 6.45) is 0.971. The van der Waals surface area contributed by atoms with Crippen LogP contribution < -0.4 is 10.6 Å². The zero-order valence-corrected chi connectivity index (χ0v) is 14.6. The second-order valence-electron chi connectivity index (χ2n) is 6.06. The molecule has 2 aromatic carbocycles. The number of anilines is 1. The summed E-state index contributed by atoms with van der Waals surface area (Å²) >= 11 is 0. The molecule has 0 radical (unpaired) electrons. The maximum atomic E-state index is 12.1. The molecule has 0 saturated carbocycles. The van der Waals surface area contributed by atoms with Crippen molar-refractivity contribution in [2.24, 2.45) is 0 Å². The molecule has 4 nitrogen and oxygen atoms in total. The Hall–Kier alpha value is -2.62. The van der Waals surface area contributed by atoms with Gasteiger partial charge in [-0.1, -0.05) is 43.3 Å². The summed E-state index contributed by atoms with van der Waals surface area (Å²) in [4.78, 5) is 24.2. The first-order chi connectivity index (χ1) is 11.4. The first-order valence-corrected chi connectivity index (χ1v) is 8.18. The van der Waals surface area contributed by atoms with E-state index in [1.807, 2.05) is 63.2 Å². The van der Waals surface area contributed by atoms with Crippen LogP contribution in [0, 0.1) is 13.8 Å². The molecule has 1 atom stereocenters. The molecule has 4 heteroatoms. The normalized spacial score (nSPS) is 11.7. The minimum absolute atomic E-state index is 0.229. The lowest BCUT2D eigenvalue weighted by Crippen LogP contribution is -2.37. The van der Waals surface area contributed by atoms with E-state index in [-0.39, 0.29) is 6.04 Å². The Morgan fingerprint density at radius 3 is 2.29 bits per heavy atom. The summed E-state index contributed by atoms with van der Waals surface area (Å²) in [6, 6.07) is 13.5. The Labute approximate surface area is 143 Å². The maximum absolute atomic E-state index is 12.1. The molecule has 0 aliphatic carbocycles. The molecular weight excluding hydrogens is 300 g/mol. The van der Waals surface area contributed by atoms with E-state index in [2.05, 4.69) is 17.6 Å². The summed E-state index contributed by atoms with van der Waals surface area (Å²) in [5, 5.41) is 5.41. The maximum Gasteiger partial charge on any atom is 0.313 e. The van der Waals surface area contributed by atoms with E-state index in [1.165, 1.54) is 5.56 Å². The van der Waals surface area contributed by atoms with Crippen LogP contribution in [0.15, 0.2) is 42.5 Å². The highest BCUT2D eigenvalue weighted by atomic mass is 16.2. The zero-order valence-electron chi connectivity index (χ0n) is 14.6. The van der Waals surface area contributed by atoms with Crippen LogP contribution in [-0.4, -0.2) is 11.8 Å². The Morgan fingerprint density at radius 2 is 1.67 bits per heavy atom. The average Bonchev–Trinajstić information content (AvgIpc) is 2.58. The molecule has 0 spiro atoms. The van der Waals surface area contributed by atoms with Crippen LogP contribution in [0.5, 0.6) is 0 Å². The lowest BCUT2D eigenvalue weighted by Gasteiger charge is -2.15. The van der Waals surface area contributed by atoms with E-state index in [4.69, 9.17) is 0 Å². The first kappa shape index (κ1) is 17.7. The van der Waals surface area contributed by atoms with E-state index >= 15 is 0 Å². The molecule has 0 fully saturated rings. The monoisotopic (exact) mass is 324 g/mol. The smallest absolute Gasteiger partial charge is 0.313 e. The van der Waals surface area contributed by atoms with Gasteiger partial charge in [0.1, 0.15) is 0 Å². The number of benzene rings is 2. The third kappa shape index (κ3) is 4.44. The standard InChI is InChI=1S/C20H24N2O2/c1-5-16-8-10-17(11-9-16)15(4)21-19(23)20(24)22-18-12-13(2)6-7-14(18)3/h6-12,15H,5H2,1-4H3,(H,21,23)(H,22,24). The number of hydrogen-bond donors (Lipinski definition) is 2. The van der Waals surface area contributed by atoms with Crippen LogP contribution in [0.4, 0.5) is 5.69 Å². The zero-order chi connectivity index (χ0) is 17.7. The number of aryl methyl sites for hydroxylation is 3. The van der Waals surface area contributed by atoms with Gasteiger partial charge in [0.2, 0.25) is 0 Å². The molecule has 0 saturated heterocycles. The number of carbonyl (C=O) groups is 2. The van der Waals surface area contributed by atoms with Crippen molar-refractivity contribution in [1.82, 2.24) is 5.32 Å². The predicted octanol–water partition coefficient (Wildman–Crippen LogP) is 3.68. The van der Waals surface area contributed by atoms with Gasteiger partial charge >= 0.3 is 11.8 Å². The third-order valence-electron chi connectivity index (χ3n) is 4.08. The predicted molar refractivity (Wildman–Crippen MR) is 96.9 cm³/mol. The van der Waals surface area contributed by atoms with E-state index in [1.54, 1.807) is 0 Å². The van der Waals surface area contributed by atoms with E-state index in [9.17, 15) is 9.59 Å². The Morgan fingerprint density at radius 1 is 1.00 bits per heavy atom. The Kier molecular flexibility index (Phi) is 5.74. The van der Waals surface area contributed by atoms with Crippen molar-refractivity contribution in [3.05, 3.63) is 64.7 Å². The van der Waals surface area contributed by atoms with Crippen LogP contribution in [0.3, 0.4) is 0 Å². The molecule has 1 unspecified atom stereocenters. The largest absolute Gasteiger partial charge is 0.341 e. The van der Waals surface area contributed by atoms with Gasteiger partial charge in [-0.25, -0.2) is 0 Å². The van der Waals surface area contributed by atoms with Gasteiger partial charge in [0.15, 0.2) is 0 Å². The highest BCUT2D eigenvalue weighted by molar-refractivity contribution is 6.39. The summed E-state index contributed by atoms with van der Waals surface area (Å²) < 4.78 is 0. The highest BCUT2D eigenvalue weighted by Crippen LogP contribution is 2.17. The second-order valence-corrected chi connectivity index (χ2v) is 6.06. The van der Waals surface area contributed by atoms with Crippen molar-refractivity contribution in [2.45, 2.75) is 40.2 Å². The molecular formula is C20H24N2O2. The van der Waals surface area contributed by atoms with Gasteiger partial charge in [-0.2, -0.15) is 0 Å². The molecule has 2 aromatic rings. The van der Waals surface area contributed by atoms with Crippen molar-refractivity contribution in [2.75, 3.05) is 5.32 Å². The number of carbonyl (C=O) groups excluding carboxylic acids is 2. The van der Waals surface area contributed by atoms with Gasteiger partial charge in [-0.3, -0.25) is 9.59 Å². The van der Waals surface area contributed by atoms with Gasteiger partial charge in [0.25, 0.3) is 0 Å². The first-order valence-electron chi connectivity index (χ1n) is 8.18. The van der Waals surface area contributed by atoms with Crippen molar-refractivity contribution >= 4 is 17.5 Å². The van der Waals surface area contributed by atoms with E-state index in [0.717, 1.165) is 23.1 Å². The highest BCUT2D eigenvalue weighted by Gasteiger charge is 2.18. The summed E-state index contributed by atoms with van der Waals surface area (Å²) in [6.45, 7) is 7.80. The fourth-order valence-corrected chi connectivity index (χ4v) is 2.44. The lowest BCUT2D eigenvalue weighted by atomic mass is 10.0. The van der Waals surface area contributed by atoms with Crippen LogP contribution in [0.1, 0.15) is 42.1 Å². The summed E-state index contributed by atoms with van der Waals surface area (Å²) in [5.74, 6) is -1.29. The molecule has 0 aliphatic heterocycles. The van der Waals surface area contributed by atoms with Crippen molar-refractivity contribution in [3.63, 3.8) is 0 Å². The minimum atomic E-state index is -0.652. The fraction of sp³-hybridized carbons (Fsp3) is 0.300. The molecule has 2 N–H and O–H groups in total. The Balaban J connectivity index is 2.00. The van der Waals surface area contributed by atoms with Crippen LogP contribution in [-0.2, 0) is 16.0 Å². The van der Waals surface area contributed by atoms with E-state index < -0.39 is 11.8 Å². The Bertz CT molecular complexity index is 736. The summed E-state index contributed by atoms with van der Waals surface area (Å²) in [5.41, 5.74) is 4.82. The molecule has 24 heavy (non-hydrogen) atoms. The molecule has 0 bridgehead atoms. The fourth-order valence-electron chi connectivity index (χ4n) is 2.44. The molecule has 0 aromatic heterocycles.